The second kappa shape index (κ2) is 4.57. The largest absolute Gasteiger partial charge is 0.387 e. The first-order valence-corrected chi connectivity index (χ1v) is 5.71. The highest BCUT2D eigenvalue weighted by Gasteiger charge is 2.06. The fourth-order valence-corrected chi connectivity index (χ4v) is 2.20. The minimum atomic E-state index is -0.565. The summed E-state index contributed by atoms with van der Waals surface area (Å²) in [6.45, 7) is 0.258. The van der Waals surface area contributed by atoms with E-state index in [4.69, 9.17) is 5.73 Å². The van der Waals surface area contributed by atoms with Crippen LogP contribution in [0.1, 0.15) is 11.7 Å². The van der Waals surface area contributed by atoms with Crippen LogP contribution in [0.3, 0.4) is 0 Å². The van der Waals surface area contributed by atoms with E-state index in [-0.39, 0.29) is 6.54 Å². The predicted molar refractivity (Wildman–Crippen MR) is 63.8 cm³/mol. The lowest BCUT2D eigenvalue weighted by Gasteiger charge is -2.08. The lowest BCUT2D eigenvalue weighted by atomic mass is 10.1. The number of benzene rings is 1. The third-order valence-corrected chi connectivity index (χ3v) is 3.22. The Morgan fingerprint density at radius 1 is 1.27 bits per heavy atom. The van der Waals surface area contributed by atoms with Gasteiger partial charge in [-0.15, -0.1) is 11.3 Å². The van der Waals surface area contributed by atoms with E-state index < -0.39 is 6.10 Å². The third kappa shape index (κ3) is 2.26. The van der Waals surface area contributed by atoms with E-state index in [0.717, 1.165) is 11.1 Å². The molecule has 2 rings (SSSR count). The van der Waals surface area contributed by atoms with Gasteiger partial charge in [0.25, 0.3) is 0 Å². The van der Waals surface area contributed by atoms with Crippen molar-refractivity contribution in [2.75, 3.05) is 6.54 Å². The van der Waals surface area contributed by atoms with Crippen molar-refractivity contribution in [3.8, 4) is 10.4 Å². The molecule has 3 heteroatoms. The summed E-state index contributed by atoms with van der Waals surface area (Å²) in [4.78, 5) is 1.21. The van der Waals surface area contributed by atoms with Crippen LogP contribution in [0.4, 0.5) is 0 Å². The van der Waals surface area contributed by atoms with Gasteiger partial charge in [0.15, 0.2) is 0 Å². The number of aliphatic hydroxyl groups is 1. The first-order valence-electron chi connectivity index (χ1n) is 4.83. The highest BCUT2D eigenvalue weighted by molar-refractivity contribution is 7.13. The summed E-state index contributed by atoms with van der Waals surface area (Å²) in [5, 5.41) is 11.7. The molecule has 1 aromatic heterocycles. The topological polar surface area (TPSA) is 46.2 Å². The molecule has 0 radical (unpaired) electrons. The smallest absolute Gasteiger partial charge is 0.0912 e. The van der Waals surface area contributed by atoms with Gasteiger partial charge in [-0.2, -0.15) is 0 Å². The first-order chi connectivity index (χ1) is 7.31. The molecule has 2 nitrogen and oxygen atoms in total. The quantitative estimate of drug-likeness (QED) is 0.832. The minimum absolute atomic E-state index is 0.258. The molecular weight excluding hydrogens is 206 g/mol. The van der Waals surface area contributed by atoms with Gasteiger partial charge in [0.2, 0.25) is 0 Å². The van der Waals surface area contributed by atoms with Crippen molar-refractivity contribution in [1.82, 2.24) is 0 Å². The van der Waals surface area contributed by atoms with Crippen LogP contribution in [0.25, 0.3) is 10.4 Å². The normalized spacial score (nSPS) is 12.7. The summed E-state index contributed by atoms with van der Waals surface area (Å²) in [6.07, 6.45) is -0.565. The molecule has 0 saturated heterocycles. The molecule has 0 aliphatic rings. The average Bonchev–Trinajstić information content (AvgIpc) is 2.82. The molecule has 0 aliphatic carbocycles. The minimum Gasteiger partial charge on any atom is -0.387 e. The molecule has 1 unspecified atom stereocenters. The van der Waals surface area contributed by atoms with Gasteiger partial charge in [-0.05, 0) is 28.6 Å². The summed E-state index contributed by atoms with van der Waals surface area (Å²) in [6, 6.07) is 12.0. The SMILES string of the molecule is NCC(O)c1cccc(-c2cccs2)c1. The van der Waals surface area contributed by atoms with E-state index >= 15 is 0 Å². The van der Waals surface area contributed by atoms with Crippen LogP contribution in [-0.2, 0) is 0 Å². The number of nitrogens with two attached hydrogens (primary N) is 1. The Balaban J connectivity index is 2.35. The maximum absolute atomic E-state index is 9.63. The number of hydrogen-bond acceptors (Lipinski definition) is 3. The zero-order chi connectivity index (χ0) is 10.7. The number of thiophene rings is 1. The first kappa shape index (κ1) is 10.4. The fraction of sp³-hybridized carbons (Fsp3) is 0.167. The van der Waals surface area contributed by atoms with Gasteiger partial charge in [0.05, 0.1) is 6.10 Å². The van der Waals surface area contributed by atoms with E-state index in [1.54, 1.807) is 11.3 Å². The molecule has 1 atom stereocenters. The zero-order valence-corrected chi connectivity index (χ0v) is 9.08. The summed E-state index contributed by atoms with van der Waals surface area (Å²) < 4.78 is 0. The fourth-order valence-electron chi connectivity index (χ4n) is 1.48. The van der Waals surface area contributed by atoms with Crippen molar-refractivity contribution in [3.05, 3.63) is 47.3 Å². The Bertz CT molecular complexity index is 425. The van der Waals surface area contributed by atoms with E-state index in [2.05, 4.69) is 6.07 Å². The molecule has 0 saturated carbocycles. The van der Waals surface area contributed by atoms with Crippen LogP contribution in [0, 0.1) is 0 Å². The molecule has 0 amide bonds. The maximum Gasteiger partial charge on any atom is 0.0912 e. The molecule has 0 aliphatic heterocycles. The third-order valence-electron chi connectivity index (χ3n) is 2.30. The van der Waals surface area contributed by atoms with Gasteiger partial charge in [0.1, 0.15) is 0 Å². The van der Waals surface area contributed by atoms with E-state index in [0.29, 0.717) is 0 Å². The summed E-state index contributed by atoms with van der Waals surface area (Å²) >= 11 is 1.69. The number of rotatable bonds is 3. The Labute approximate surface area is 93.0 Å². The Kier molecular flexibility index (Phi) is 3.16. The van der Waals surface area contributed by atoms with E-state index in [9.17, 15) is 5.11 Å². The van der Waals surface area contributed by atoms with Crippen molar-refractivity contribution in [3.63, 3.8) is 0 Å². The molecule has 0 bridgehead atoms. The van der Waals surface area contributed by atoms with Crippen molar-refractivity contribution in [1.29, 1.82) is 0 Å². The van der Waals surface area contributed by atoms with E-state index in [1.807, 2.05) is 35.7 Å². The maximum atomic E-state index is 9.63. The standard InChI is InChI=1S/C12H13NOS/c13-8-11(14)9-3-1-4-10(7-9)12-5-2-6-15-12/h1-7,11,14H,8,13H2. The molecule has 0 fully saturated rings. The molecule has 3 N–H and O–H groups in total. The van der Waals surface area contributed by atoms with Gasteiger partial charge in [-0.1, -0.05) is 24.3 Å². The Hall–Kier alpha value is -1.16. The highest BCUT2D eigenvalue weighted by atomic mass is 32.1. The van der Waals surface area contributed by atoms with Crippen molar-refractivity contribution in [2.24, 2.45) is 5.73 Å². The second-order valence-corrected chi connectivity index (χ2v) is 4.30. The molecule has 1 heterocycles. The monoisotopic (exact) mass is 219 g/mol. The van der Waals surface area contributed by atoms with Crippen LogP contribution in [0.15, 0.2) is 41.8 Å². The molecule has 1 aromatic carbocycles. The van der Waals surface area contributed by atoms with Gasteiger partial charge in [-0.25, -0.2) is 0 Å². The summed E-state index contributed by atoms with van der Waals surface area (Å²) in [5.41, 5.74) is 7.44. The van der Waals surface area contributed by atoms with Crippen molar-refractivity contribution >= 4 is 11.3 Å². The van der Waals surface area contributed by atoms with Crippen LogP contribution >= 0.6 is 11.3 Å². The molecule has 15 heavy (non-hydrogen) atoms. The van der Waals surface area contributed by atoms with Gasteiger partial charge in [0, 0.05) is 11.4 Å². The van der Waals surface area contributed by atoms with Crippen molar-refractivity contribution < 1.29 is 5.11 Å². The average molecular weight is 219 g/mol. The molecule has 2 aromatic rings. The van der Waals surface area contributed by atoms with Gasteiger partial charge >= 0.3 is 0 Å². The summed E-state index contributed by atoms with van der Waals surface area (Å²) in [5.74, 6) is 0. The van der Waals surface area contributed by atoms with E-state index in [1.165, 1.54) is 4.88 Å². The van der Waals surface area contributed by atoms with Crippen LogP contribution in [0.5, 0.6) is 0 Å². The Morgan fingerprint density at radius 2 is 2.13 bits per heavy atom. The highest BCUT2D eigenvalue weighted by Crippen LogP contribution is 2.26. The number of aliphatic hydroxyl groups excluding tert-OH is 1. The molecule has 0 spiro atoms. The zero-order valence-electron chi connectivity index (χ0n) is 8.26. The van der Waals surface area contributed by atoms with Crippen molar-refractivity contribution in [2.45, 2.75) is 6.10 Å². The predicted octanol–water partition coefficient (Wildman–Crippen LogP) is 2.41. The molecule has 78 valence electrons. The Morgan fingerprint density at radius 3 is 2.80 bits per heavy atom. The van der Waals surface area contributed by atoms with Crippen LogP contribution in [-0.4, -0.2) is 11.7 Å². The van der Waals surface area contributed by atoms with Gasteiger partial charge in [-0.3, -0.25) is 0 Å². The van der Waals surface area contributed by atoms with Crippen LogP contribution in [0.2, 0.25) is 0 Å². The number of hydrogen-bond donors (Lipinski definition) is 2. The van der Waals surface area contributed by atoms with Crippen LogP contribution < -0.4 is 5.73 Å². The van der Waals surface area contributed by atoms with Gasteiger partial charge < -0.3 is 10.8 Å². The lowest BCUT2D eigenvalue weighted by Crippen LogP contribution is -2.11. The molecular formula is C12H13NOS. The lowest BCUT2D eigenvalue weighted by molar-refractivity contribution is 0.187. The summed E-state index contributed by atoms with van der Waals surface area (Å²) in [7, 11) is 0. The second-order valence-electron chi connectivity index (χ2n) is 3.35.